The Bertz CT molecular complexity index is 792. The summed E-state index contributed by atoms with van der Waals surface area (Å²) in [6.45, 7) is 13.1. The quantitative estimate of drug-likeness (QED) is 0.733. The van der Waals surface area contributed by atoms with Gasteiger partial charge in [0.1, 0.15) is 5.82 Å². The predicted molar refractivity (Wildman–Crippen MR) is 112 cm³/mol. The molecule has 1 unspecified atom stereocenters. The summed E-state index contributed by atoms with van der Waals surface area (Å²) >= 11 is 0. The summed E-state index contributed by atoms with van der Waals surface area (Å²) in [5.74, 6) is 0.349. The van der Waals surface area contributed by atoms with Crippen LogP contribution in [0.3, 0.4) is 0 Å². The third-order valence-electron chi connectivity index (χ3n) is 6.71. The number of pyridine rings is 1. The van der Waals surface area contributed by atoms with Crippen molar-refractivity contribution in [1.82, 2.24) is 15.6 Å². The normalized spacial score (nSPS) is 17.4. The van der Waals surface area contributed by atoms with Crippen molar-refractivity contribution in [1.29, 1.82) is 0 Å². The third kappa shape index (κ3) is 4.17. The molecular weight excluding hydrogens is 337 g/mol. The first-order valence-electron chi connectivity index (χ1n) is 10.4. The molecule has 0 radical (unpaired) electrons. The number of nitrogens with zero attached hydrogens (tertiary/aromatic N) is 1. The highest BCUT2D eigenvalue weighted by atomic mass is 19.1. The highest BCUT2D eigenvalue weighted by molar-refractivity contribution is 5.84. The Hall–Kier alpha value is -1.52. The number of piperidine rings is 1. The van der Waals surface area contributed by atoms with Gasteiger partial charge in [-0.25, -0.2) is 4.39 Å². The van der Waals surface area contributed by atoms with Crippen LogP contribution in [-0.4, -0.2) is 23.6 Å². The molecular formula is C23H34FN3. The maximum atomic E-state index is 14.2. The van der Waals surface area contributed by atoms with E-state index in [4.69, 9.17) is 4.98 Å². The van der Waals surface area contributed by atoms with Crippen molar-refractivity contribution >= 4 is 10.9 Å². The fourth-order valence-corrected chi connectivity index (χ4v) is 4.32. The molecule has 0 bridgehead atoms. The highest BCUT2D eigenvalue weighted by Crippen LogP contribution is 2.38. The Labute approximate surface area is 163 Å². The summed E-state index contributed by atoms with van der Waals surface area (Å²) in [5.41, 5.74) is 4.44. The number of rotatable bonds is 6. The first-order valence-corrected chi connectivity index (χ1v) is 10.4. The molecule has 4 heteroatoms. The first-order chi connectivity index (χ1) is 12.9. The molecule has 27 heavy (non-hydrogen) atoms. The Balaban J connectivity index is 2.18. The lowest BCUT2D eigenvalue weighted by Crippen LogP contribution is -2.47. The molecule has 148 valence electrons. The van der Waals surface area contributed by atoms with Gasteiger partial charge in [0.25, 0.3) is 0 Å². The van der Waals surface area contributed by atoms with Crippen molar-refractivity contribution in [3.8, 4) is 0 Å². The second kappa shape index (κ2) is 8.24. The van der Waals surface area contributed by atoms with Crippen LogP contribution in [0, 0.1) is 25.6 Å². The van der Waals surface area contributed by atoms with E-state index in [2.05, 4.69) is 45.3 Å². The predicted octanol–water partition coefficient (Wildman–Crippen LogP) is 5.20. The minimum atomic E-state index is -0.188. The topological polar surface area (TPSA) is 37.0 Å². The molecule has 1 saturated heterocycles. The zero-order valence-electron chi connectivity index (χ0n) is 17.5. The molecule has 2 aromatic rings. The van der Waals surface area contributed by atoms with E-state index in [1.165, 1.54) is 17.2 Å². The molecule has 0 saturated carbocycles. The average Bonchev–Trinajstić information content (AvgIpc) is 2.69. The molecule has 2 N–H and O–H groups in total. The van der Waals surface area contributed by atoms with Crippen molar-refractivity contribution in [2.24, 2.45) is 5.92 Å². The van der Waals surface area contributed by atoms with Crippen LogP contribution < -0.4 is 10.6 Å². The maximum absolute atomic E-state index is 14.2. The number of hydrogen-bond acceptors (Lipinski definition) is 3. The Morgan fingerprint density at radius 2 is 1.89 bits per heavy atom. The molecule has 0 amide bonds. The van der Waals surface area contributed by atoms with E-state index in [1.54, 1.807) is 6.07 Å². The molecule has 0 spiro atoms. The van der Waals surface area contributed by atoms with Gasteiger partial charge in [-0.3, -0.25) is 4.98 Å². The molecule has 0 aliphatic carbocycles. The van der Waals surface area contributed by atoms with Gasteiger partial charge in [0.05, 0.1) is 5.52 Å². The number of nitrogens with one attached hydrogen (secondary N) is 2. The van der Waals surface area contributed by atoms with Crippen LogP contribution in [-0.2, 0) is 0 Å². The lowest BCUT2D eigenvalue weighted by atomic mass is 9.80. The average molecular weight is 372 g/mol. The minimum absolute atomic E-state index is 0.0683. The second-order valence-corrected chi connectivity index (χ2v) is 8.37. The molecule has 3 nitrogen and oxygen atoms in total. The maximum Gasteiger partial charge on any atom is 0.123 e. The molecule has 1 fully saturated rings. The van der Waals surface area contributed by atoms with E-state index in [9.17, 15) is 4.39 Å². The fourth-order valence-electron chi connectivity index (χ4n) is 4.32. The van der Waals surface area contributed by atoms with Crippen molar-refractivity contribution in [2.45, 2.75) is 71.9 Å². The number of aromatic nitrogens is 1. The van der Waals surface area contributed by atoms with Gasteiger partial charge >= 0.3 is 0 Å². The summed E-state index contributed by atoms with van der Waals surface area (Å²) in [6, 6.07) is 5.22. The molecule has 1 aliphatic heterocycles. The number of halogens is 1. The van der Waals surface area contributed by atoms with Crippen LogP contribution in [0.2, 0.25) is 0 Å². The minimum Gasteiger partial charge on any atom is -0.317 e. The molecule has 1 aliphatic rings. The van der Waals surface area contributed by atoms with Crippen molar-refractivity contribution < 1.29 is 4.39 Å². The van der Waals surface area contributed by atoms with Crippen molar-refractivity contribution in [2.75, 3.05) is 13.1 Å². The standard InChI is InChI=1S/C23H34FN3/c1-6-23(5,7-2)27-22(17-10-12-25-13-11-17)21-15(3)16(4)26-20-9-8-18(24)14-19(20)21/h8-9,14,17,22,25,27H,6-7,10-13H2,1-5H3. The Kier molecular flexibility index (Phi) is 6.17. The smallest absolute Gasteiger partial charge is 0.123 e. The van der Waals surface area contributed by atoms with Gasteiger partial charge in [-0.15, -0.1) is 0 Å². The summed E-state index contributed by atoms with van der Waals surface area (Å²) in [4.78, 5) is 4.73. The van der Waals surface area contributed by atoms with Crippen LogP contribution >= 0.6 is 0 Å². The second-order valence-electron chi connectivity index (χ2n) is 8.37. The summed E-state index contributed by atoms with van der Waals surface area (Å²) in [7, 11) is 0. The lowest BCUT2D eigenvalue weighted by Gasteiger charge is -2.40. The van der Waals surface area contributed by atoms with Crippen molar-refractivity contribution in [3.05, 3.63) is 40.8 Å². The van der Waals surface area contributed by atoms with E-state index in [0.717, 1.165) is 55.4 Å². The third-order valence-corrected chi connectivity index (χ3v) is 6.71. The van der Waals surface area contributed by atoms with Gasteiger partial charge in [-0.05, 0) is 94.8 Å². The molecule has 3 rings (SSSR count). The van der Waals surface area contributed by atoms with Gasteiger partial charge in [-0.2, -0.15) is 0 Å². The van der Waals surface area contributed by atoms with Gasteiger partial charge in [-0.1, -0.05) is 13.8 Å². The van der Waals surface area contributed by atoms with Crippen LogP contribution in [0.4, 0.5) is 4.39 Å². The SMILES string of the molecule is CCC(C)(CC)NC(c1c(C)c(C)nc2ccc(F)cc12)C1CCNCC1. The van der Waals surface area contributed by atoms with Crippen LogP contribution in [0.15, 0.2) is 18.2 Å². The molecule has 1 aromatic carbocycles. The number of aryl methyl sites for hydroxylation is 1. The summed E-state index contributed by atoms with van der Waals surface area (Å²) in [5, 5.41) is 8.46. The van der Waals surface area contributed by atoms with E-state index < -0.39 is 0 Å². The Morgan fingerprint density at radius 1 is 1.22 bits per heavy atom. The zero-order chi connectivity index (χ0) is 19.6. The van der Waals surface area contributed by atoms with E-state index in [0.29, 0.717) is 5.92 Å². The monoisotopic (exact) mass is 371 g/mol. The number of benzene rings is 1. The van der Waals surface area contributed by atoms with Gasteiger partial charge in [0.15, 0.2) is 0 Å². The first kappa shape index (κ1) is 20.2. The Morgan fingerprint density at radius 3 is 2.52 bits per heavy atom. The number of hydrogen-bond donors (Lipinski definition) is 2. The molecule has 1 aromatic heterocycles. The highest BCUT2D eigenvalue weighted by Gasteiger charge is 2.33. The van der Waals surface area contributed by atoms with E-state index in [1.807, 2.05) is 6.07 Å². The summed E-state index contributed by atoms with van der Waals surface area (Å²) < 4.78 is 14.2. The van der Waals surface area contributed by atoms with Gasteiger partial charge < -0.3 is 10.6 Å². The number of fused-ring (bicyclic) bond motifs is 1. The van der Waals surface area contributed by atoms with Gasteiger partial charge in [0, 0.05) is 22.7 Å². The summed E-state index contributed by atoms with van der Waals surface area (Å²) in [6.07, 6.45) is 4.42. The van der Waals surface area contributed by atoms with Crippen LogP contribution in [0.1, 0.15) is 69.3 Å². The van der Waals surface area contributed by atoms with Crippen molar-refractivity contribution in [3.63, 3.8) is 0 Å². The largest absolute Gasteiger partial charge is 0.317 e. The molecule has 1 atom stereocenters. The lowest BCUT2D eigenvalue weighted by molar-refractivity contribution is 0.210. The zero-order valence-corrected chi connectivity index (χ0v) is 17.5. The van der Waals surface area contributed by atoms with Crippen LogP contribution in [0.25, 0.3) is 10.9 Å². The van der Waals surface area contributed by atoms with E-state index >= 15 is 0 Å². The van der Waals surface area contributed by atoms with Gasteiger partial charge in [0.2, 0.25) is 0 Å². The fraction of sp³-hybridized carbons (Fsp3) is 0.609. The molecule has 2 heterocycles. The van der Waals surface area contributed by atoms with E-state index in [-0.39, 0.29) is 17.4 Å². The van der Waals surface area contributed by atoms with Crippen LogP contribution in [0.5, 0.6) is 0 Å².